The van der Waals surface area contributed by atoms with E-state index < -0.39 is 4.92 Å². The molecule has 0 aromatic carbocycles. The van der Waals surface area contributed by atoms with Crippen molar-refractivity contribution in [3.05, 3.63) is 22.5 Å². The van der Waals surface area contributed by atoms with Gasteiger partial charge in [0.15, 0.2) is 0 Å². The molecule has 0 aliphatic heterocycles. The quantitative estimate of drug-likeness (QED) is 0.619. The molecule has 7 heteroatoms. The molecule has 0 atom stereocenters. The Morgan fingerprint density at radius 3 is 2.28 bits per heavy atom. The van der Waals surface area contributed by atoms with E-state index >= 15 is 0 Å². The van der Waals surface area contributed by atoms with Crippen molar-refractivity contribution in [2.75, 3.05) is 12.4 Å². The highest BCUT2D eigenvalue weighted by atomic mass is 16.6. The molecule has 98 valence electrons. The summed E-state index contributed by atoms with van der Waals surface area (Å²) in [5.74, 6) is 0.466. The Hall–Kier alpha value is -1.76. The van der Waals surface area contributed by atoms with Gasteiger partial charge in [-0.2, -0.15) is 0 Å². The van der Waals surface area contributed by atoms with Crippen LogP contribution in [0.1, 0.15) is 25.7 Å². The van der Waals surface area contributed by atoms with Crippen molar-refractivity contribution < 1.29 is 4.92 Å². The summed E-state index contributed by atoms with van der Waals surface area (Å²) in [7, 11) is 1.98. The number of nitrogens with one attached hydrogen (secondary N) is 2. The first-order chi connectivity index (χ1) is 8.69. The molecule has 1 fully saturated rings. The summed E-state index contributed by atoms with van der Waals surface area (Å²) >= 11 is 0. The zero-order valence-corrected chi connectivity index (χ0v) is 10.3. The van der Waals surface area contributed by atoms with E-state index in [0.717, 1.165) is 25.7 Å². The van der Waals surface area contributed by atoms with E-state index in [-0.39, 0.29) is 5.69 Å². The Bertz CT molecular complexity index is 400. The van der Waals surface area contributed by atoms with Gasteiger partial charge in [0, 0.05) is 12.1 Å². The third-order valence-electron chi connectivity index (χ3n) is 3.32. The highest BCUT2D eigenvalue weighted by Crippen LogP contribution is 2.21. The van der Waals surface area contributed by atoms with Gasteiger partial charge in [0.05, 0.1) is 4.92 Å². The monoisotopic (exact) mass is 251 g/mol. The minimum atomic E-state index is -0.498. The number of hydrogen-bond acceptors (Lipinski definition) is 6. The molecule has 2 N–H and O–H groups in total. The van der Waals surface area contributed by atoms with Crippen molar-refractivity contribution in [2.45, 2.75) is 37.8 Å². The Kier molecular flexibility index (Phi) is 4.03. The highest BCUT2D eigenvalue weighted by Gasteiger charge is 2.20. The second kappa shape index (κ2) is 5.72. The lowest BCUT2D eigenvalue weighted by Crippen LogP contribution is -2.35. The smallest absolute Gasteiger partial charge is 0.305 e. The molecular formula is C11H17N5O2. The summed E-state index contributed by atoms with van der Waals surface area (Å²) in [6.45, 7) is 0. The maximum atomic E-state index is 10.5. The van der Waals surface area contributed by atoms with E-state index in [4.69, 9.17) is 0 Å². The summed E-state index contributed by atoms with van der Waals surface area (Å²) in [4.78, 5) is 17.9. The molecule has 0 amide bonds. The van der Waals surface area contributed by atoms with Crippen LogP contribution in [0.2, 0.25) is 0 Å². The molecule has 0 radical (unpaired) electrons. The lowest BCUT2D eigenvalue weighted by molar-refractivity contribution is -0.385. The van der Waals surface area contributed by atoms with Crippen molar-refractivity contribution >= 4 is 11.6 Å². The van der Waals surface area contributed by atoms with Crippen LogP contribution in [0.5, 0.6) is 0 Å². The third-order valence-corrected chi connectivity index (χ3v) is 3.32. The van der Waals surface area contributed by atoms with Crippen molar-refractivity contribution in [1.82, 2.24) is 15.3 Å². The van der Waals surface area contributed by atoms with Crippen LogP contribution >= 0.6 is 0 Å². The van der Waals surface area contributed by atoms with Crippen LogP contribution in [-0.2, 0) is 0 Å². The van der Waals surface area contributed by atoms with Gasteiger partial charge < -0.3 is 10.6 Å². The van der Waals surface area contributed by atoms with Crippen LogP contribution in [0.15, 0.2) is 12.4 Å². The molecule has 1 aliphatic rings. The predicted octanol–water partition coefficient (Wildman–Crippen LogP) is 1.33. The van der Waals surface area contributed by atoms with E-state index in [1.165, 1.54) is 12.4 Å². The molecule has 1 aromatic heterocycles. The fourth-order valence-electron chi connectivity index (χ4n) is 2.20. The SMILES string of the molecule is CNC1CCC(Nc2ncc([N+](=O)[O-])cn2)CC1. The van der Waals surface area contributed by atoms with Crippen LogP contribution in [0.3, 0.4) is 0 Å². The second-order valence-electron chi connectivity index (χ2n) is 4.50. The van der Waals surface area contributed by atoms with E-state index in [2.05, 4.69) is 20.6 Å². The van der Waals surface area contributed by atoms with Crippen molar-refractivity contribution in [2.24, 2.45) is 0 Å². The van der Waals surface area contributed by atoms with Crippen LogP contribution in [-0.4, -0.2) is 34.0 Å². The van der Waals surface area contributed by atoms with Gasteiger partial charge >= 0.3 is 5.69 Å². The van der Waals surface area contributed by atoms with Gasteiger partial charge in [-0.15, -0.1) is 0 Å². The Morgan fingerprint density at radius 1 is 1.22 bits per heavy atom. The van der Waals surface area contributed by atoms with Crippen LogP contribution < -0.4 is 10.6 Å². The summed E-state index contributed by atoms with van der Waals surface area (Å²) in [5, 5.41) is 17.0. The summed E-state index contributed by atoms with van der Waals surface area (Å²) < 4.78 is 0. The van der Waals surface area contributed by atoms with Crippen LogP contribution in [0, 0.1) is 10.1 Å². The van der Waals surface area contributed by atoms with Gasteiger partial charge in [-0.25, -0.2) is 9.97 Å². The van der Waals surface area contributed by atoms with E-state index in [1.807, 2.05) is 7.05 Å². The Morgan fingerprint density at radius 2 is 1.78 bits per heavy atom. The van der Waals surface area contributed by atoms with E-state index in [1.54, 1.807) is 0 Å². The second-order valence-corrected chi connectivity index (χ2v) is 4.50. The van der Waals surface area contributed by atoms with Crippen molar-refractivity contribution in [3.63, 3.8) is 0 Å². The average Bonchev–Trinajstić information content (AvgIpc) is 2.40. The highest BCUT2D eigenvalue weighted by molar-refractivity contribution is 5.31. The minimum absolute atomic E-state index is 0.0839. The molecule has 0 unspecified atom stereocenters. The number of rotatable bonds is 4. The maximum absolute atomic E-state index is 10.5. The summed E-state index contributed by atoms with van der Waals surface area (Å²) in [6.07, 6.45) is 6.84. The average molecular weight is 251 g/mol. The fourth-order valence-corrected chi connectivity index (χ4v) is 2.20. The van der Waals surface area contributed by atoms with Crippen molar-refractivity contribution in [1.29, 1.82) is 0 Å². The number of nitro groups is 1. The van der Waals surface area contributed by atoms with Gasteiger partial charge in [-0.1, -0.05) is 0 Å². The molecule has 1 aromatic rings. The lowest BCUT2D eigenvalue weighted by Gasteiger charge is -2.28. The van der Waals surface area contributed by atoms with Gasteiger partial charge in [0.25, 0.3) is 0 Å². The number of aromatic nitrogens is 2. The molecule has 0 saturated heterocycles. The molecule has 0 spiro atoms. The zero-order chi connectivity index (χ0) is 13.0. The Balaban J connectivity index is 1.88. The van der Waals surface area contributed by atoms with E-state index in [9.17, 15) is 10.1 Å². The molecule has 7 nitrogen and oxygen atoms in total. The molecule has 1 aliphatic carbocycles. The first kappa shape index (κ1) is 12.7. The van der Waals surface area contributed by atoms with Gasteiger partial charge in [0.2, 0.25) is 5.95 Å². The van der Waals surface area contributed by atoms with Gasteiger partial charge in [0.1, 0.15) is 12.4 Å². The first-order valence-electron chi connectivity index (χ1n) is 6.09. The van der Waals surface area contributed by atoms with Gasteiger partial charge in [-0.05, 0) is 32.7 Å². The molecule has 2 rings (SSSR count). The van der Waals surface area contributed by atoms with Crippen LogP contribution in [0.4, 0.5) is 11.6 Å². The van der Waals surface area contributed by atoms with Crippen molar-refractivity contribution in [3.8, 4) is 0 Å². The number of nitrogens with zero attached hydrogens (tertiary/aromatic N) is 3. The molecule has 1 heterocycles. The fraction of sp³-hybridized carbons (Fsp3) is 0.636. The number of anilines is 1. The molecule has 18 heavy (non-hydrogen) atoms. The molecule has 0 bridgehead atoms. The Labute approximate surface area is 105 Å². The topological polar surface area (TPSA) is 93.0 Å². The molecular weight excluding hydrogens is 234 g/mol. The van der Waals surface area contributed by atoms with Crippen LogP contribution in [0.25, 0.3) is 0 Å². The molecule has 1 saturated carbocycles. The third kappa shape index (κ3) is 3.13. The maximum Gasteiger partial charge on any atom is 0.305 e. The number of hydrogen-bond donors (Lipinski definition) is 2. The standard InChI is InChI=1S/C11H17N5O2/c1-12-8-2-4-9(5-3-8)15-11-13-6-10(7-14-11)16(17)18/h6-9,12H,2-5H2,1H3,(H,13,14,15). The predicted molar refractivity (Wildman–Crippen MR) is 67.4 cm³/mol. The van der Waals surface area contributed by atoms with Gasteiger partial charge in [-0.3, -0.25) is 10.1 Å². The lowest BCUT2D eigenvalue weighted by atomic mass is 9.91. The normalized spacial score (nSPS) is 23.6. The minimum Gasteiger partial charge on any atom is -0.351 e. The zero-order valence-electron chi connectivity index (χ0n) is 10.3. The summed E-state index contributed by atoms with van der Waals surface area (Å²) in [6, 6.07) is 0.955. The largest absolute Gasteiger partial charge is 0.351 e. The summed E-state index contributed by atoms with van der Waals surface area (Å²) in [5.41, 5.74) is -0.0839. The first-order valence-corrected chi connectivity index (χ1v) is 6.09. The van der Waals surface area contributed by atoms with E-state index in [0.29, 0.717) is 18.0 Å².